The number of likely N-dealkylation sites (tertiary alicyclic amines) is 1. The Morgan fingerprint density at radius 3 is 2.24 bits per heavy atom. The van der Waals surface area contributed by atoms with E-state index in [2.05, 4.69) is 4.90 Å². The number of ether oxygens (including phenoxy) is 1. The van der Waals surface area contributed by atoms with Crippen molar-refractivity contribution < 1.29 is 36.3 Å². The molecule has 2 aliphatic rings. The van der Waals surface area contributed by atoms with E-state index >= 15 is 0 Å². The Morgan fingerprint density at radius 2 is 1.65 bits per heavy atom. The van der Waals surface area contributed by atoms with Gasteiger partial charge in [0.2, 0.25) is 10.0 Å². The topological polar surface area (TPSA) is 99.2 Å². The molecule has 2 unspecified atom stereocenters. The third-order valence-corrected chi connectivity index (χ3v) is 9.58. The van der Waals surface area contributed by atoms with Crippen molar-refractivity contribution >= 4 is 15.9 Å². The van der Waals surface area contributed by atoms with E-state index in [0.29, 0.717) is 6.54 Å². The lowest BCUT2D eigenvalue weighted by Crippen LogP contribution is -2.55. The molecule has 2 fully saturated rings. The number of benzene rings is 2. The van der Waals surface area contributed by atoms with Gasteiger partial charge in [-0.3, -0.25) is 10.0 Å². The van der Waals surface area contributed by atoms with Crippen molar-refractivity contribution in [2.24, 2.45) is 0 Å². The van der Waals surface area contributed by atoms with E-state index in [4.69, 9.17) is 4.74 Å². The molecule has 202 valence electrons. The van der Waals surface area contributed by atoms with Crippen LogP contribution < -0.4 is 10.2 Å². The van der Waals surface area contributed by atoms with Gasteiger partial charge < -0.3 is 9.64 Å². The Hall–Kier alpha value is -2.67. The number of rotatable bonds is 9. The minimum Gasteiger partial charge on any atom is -0.489 e. The molecule has 2 heterocycles. The second kappa shape index (κ2) is 11.0. The van der Waals surface area contributed by atoms with Gasteiger partial charge in [0, 0.05) is 13.1 Å². The van der Waals surface area contributed by atoms with Crippen LogP contribution in [0.2, 0.25) is 0 Å². The number of nitrogens with zero attached hydrogens (tertiary/aromatic N) is 2. The van der Waals surface area contributed by atoms with Crippen LogP contribution in [0, 0.1) is 0 Å². The number of hydrogen-bond acceptors (Lipinski definition) is 6. The molecule has 37 heavy (non-hydrogen) atoms. The number of amides is 1. The van der Waals surface area contributed by atoms with Crippen LogP contribution in [0.25, 0.3) is 0 Å². The van der Waals surface area contributed by atoms with Gasteiger partial charge in [-0.25, -0.2) is 13.9 Å². The lowest BCUT2D eigenvalue weighted by Gasteiger charge is -2.36. The number of carbonyl (C=O) groups is 1. The van der Waals surface area contributed by atoms with Crippen molar-refractivity contribution in [3.05, 3.63) is 65.7 Å². The molecule has 1 amide bonds. The Kier molecular flexibility index (Phi) is 8.12. The number of hydroxylamine groups is 1. The number of hydrogen-bond donors (Lipinski definition) is 2. The van der Waals surface area contributed by atoms with Crippen LogP contribution in [0.5, 0.6) is 5.75 Å². The molecule has 4 rings (SSSR count). The third kappa shape index (κ3) is 5.62. The largest absolute Gasteiger partial charge is 0.489 e. The van der Waals surface area contributed by atoms with Crippen LogP contribution in [-0.2, 0) is 25.7 Å². The van der Waals surface area contributed by atoms with Gasteiger partial charge in [-0.05, 0) is 68.6 Å². The number of halogens is 3. The highest BCUT2D eigenvalue weighted by molar-refractivity contribution is 7.90. The average molecular weight is 542 g/mol. The summed E-state index contributed by atoms with van der Waals surface area (Å²) in [4.78, 5) is 15.3. The first-order valence-corrected chi connectivity index (χ1v) is 13.6. The van der Waals surface area contributed by atoms with Crippen molar-refractivity contribution in [3.63, 3.8) is 0 Å². The smallest absolute Gasteiger partial charge is 0.416 e. The zero-order valence-electron chi connectivity index (χ0n) is 20.2. The van der Waals surface area contributed by atoms with Gasteiger partial charge in [0.05, 0.1) is 12.1 Å². The number of sulfonamides is 1. The Morgan fingerprint density at radius 1 is 1.00 bits per heavy atom. The molecule has 0 saturated carbocycles. The van der Waals surface area contributed by atoms with E-state index in [1.54, 1.807) is 35.8 Å². The molecule has 0 spiro atoms. The van der Waals surface area contributed by atoms with E-state index < -0.39 is 38.5 Å². The lowest BCUT2D eigenvalue weighted by atomic mass is 9.93. The first-order valence-electron chi connectivity index (χ1n) is 12.1. The highest BCUT2D eigenvalue weighted by Gasteiger charge is 2.56. The summed E-state index contributed by atoms with van der Waals surface area (Å²) < 4.78 is 71.8. The number of carbonyl (C=O) groups excluding carboxylic acids is 1. The maximum absolute atomic E-state index is 14.2. The molecule has 0 bridgehead atoms. The molecule has 2 aromatic rings. The van der Waals surface area contributed by atoms with Crippen LogP contribution in [0.1, 0.15) is 36.8 Å². The monoisotopic (exact) mass is 541 g/mol. The van der Waals surface area contributed by atoms with Crippen molar-refractivity contribution in [2.45, 2.75) is 42.7 Å². The predicted molar refractivity (Wildman–Crippen MR) is 129 cm³/mol. The molecule has 0 aliphatic carbocycles. The van der Waals surface area contributed by atoms with Gasteiger partial charge in [0.1, 0.15) is 11.9 Å². The van der Waals surface area contributed by atoms with Crippen LogP contribution in [0.15, 0.2) is 54.6 Å². The maximum atomic E-state index is 14.2. The fourth-order valence-electron chi connectivity index (χ4n) is 5.05. The molecule has 0 radical (unpaired) electrons. The van der Waals surface area contributed by atoms with Gasteiger partial charge in [0.25, 0.3) is 5.91 Å². The highest BCUT2D eigenvalue weighted by Crippen LogP contribution is 2.39. The van der Waals surface area contributed by atoms with Crippen LogP contribution >= 0.6 is 0 Å². The molecular formula is C25H30F3N3O5S. The average Bonchev–Trinajstić information content (AvgIpc) is 3.57. The van der Waals surface area contributed by atoms with Gasteiger partial charge in [-0.15, -0.1) is 0 Å². The summed E-state index contributed by atoms with van der Waals surface area (Å²) in [5.41, 5.74) is 1.03. The predicted octanol–water partition coefficient (Wildman–Crippen LogP) is 3.38. The summed E-state index contributed by atoms with van der Waals surface area (Å²) in [6, 6.07) is 12.3. The zero-order chi connectivity index (χ0) is 26.7. The quantitative estimate of drug-likeness (QED) is 0.373. The molecule has 2 aliphatic heterocycles. The first kappa shape index (κ1) is 27.4. The van der Waals surface area contributed by atoms with Gasteiger partial charge in [-0.2, -0.15) is 17.5 Å². The summed E-state index contributed by atoms with van der Waals surface area (Å²) in [6.45, 7) is 1.93. The summed E-state index contributed by atoms with van der Waals surface area (Å²) in [5.74, 6) is -0.848. The van der Waals surface area contributed by atoms with E-state index in [1.807, 2.05) is 0 Å². The van der Waals surface area contributed by atoms with Crippen molar-refractivity contribution in [3.8, 4) is 5.75 Å². The van der Waals surface area contributed by atoms with Gasteiger partial charge in [-0.1, -0.05) is 30.3 Å². The SMILES string of the molecule is O=C(NO)C(CCN1CCCC1)(c1ccccc1)S(=O)(=O)N1CCC(Oc2ccc(C(F)(F)F)cc2)C1. The molecule has 2 saturated heterocycles. The number of alkyl halides is 3. The van der Waals surface area contributed by atoms with E-state index in [0.717, 1.165) is 38.1 Å². The lowest BCUT2D eigenvalue weighted by molar-refractivity contribution is -0.137. The fraction of sp³-hybridized carbons (Fsp3) is 0.480. The summed E-state index contributed by atoms with van der Waals surface area (Å²) in [5, 5.41) is 9.66. The Bertz CT molecular complexity index is 1170. The minimum atomic E-state index is -4.47. The molecule has 0 aromatic heterocycles. The maximum Gasteiger partial charge on any atom is 0.416 e. The molecule has 12 heteroatoms. The normalized spacial score (nSPS) is 21.0. The van der Waals surface area contributed by atoms with Crippen LogP contribution in [-0.4, -0.2) is 67.6 Å². The summed E-state index contributed by atoms with van der Waals surface area (Å²) in [6.07, 6.45) is -2.88. The molecule has 2 N–H and O–H groups in total. The fourth-order valence-corrected chi connectivity index (χ4v) is 7.26. The highest BCUT2D eigenvalue weighted by atomic mass is 32.2. The standard InChI is InChI=1S/C25H30F3N3O5S/c26-25(27,28)20-8-10-21(11-9-20)36-22-12-16-31(18-22)37(34,35)24(23(32)29-33,19-6-2-1-3-7-19)13-17-30-14-4-5-15-30/h1-3,6-11,22,33H,4-5,12-18H2,(H,29,32). The van der Waals surface area contributed by atoms with Gasteiger partial charge in [0.15, 0.2) is 4.75 Å². The van der Waals surface area contributed by atoms with E-state index in [9.17, 15) is 31.6 Å². The molecule has 2 aromatic carbocycles. The Labute approximate surface area is 214 Å². The summed E-state index contributed by atoms with van der Waals surface area (Å²) >= 11 is 0. The third-order valence-electron chi connectivity index (χ3n) is 7.06. The zero-order valence-corrected chi connectivity index (χ0v) is 21.0. The second-order valence-corrected chi connectivity index (χ2v) is 11.5. The Balaban J connectivity index is 1.59. The summed E-state index contributed by atoms with van der Waals surface area (Å²) in [7, 11) is -4.36. The molecular weight excluding hydrogens is 511 g/mol. The molecule has 8 nitrogen and oxygen atoms in total. The van der Waals surface area contributed by atoms with Crippen molar-refractivity contribution in [1.82, 2.24) is 14.7 Å². The van der Waals surface area contributed by atoms with Crippen LogP contribution in [0.3, 0.4) is 0 Å². The minimum absolute atomic E-state index is 0.0602. The van der Waals surface area contributed by atoms with Crippen LogP contribution in [0.4, 0.5) is 13.2 Å². The second-order valence-electron chi connectivity index (χ2n) is 9.35. The number of nitrogens with one attached hydrogen (secondary N) is 1. The van der Waals surface area contributed by atoms with E-state index in [1.165, 1.54) is 16.4 Å². The van der Waals surface area contributed by atoms with E-state index in [-0.39, 0.29) is 37.2 Å². The van der Waals surface area contributed by atoms with Crippen molar-refractivity contribution in [2.75, 3.05) is 32.7 Å². The van der Waals surface area contributed by atoms with Gasteiger partial charge >= 0.3 is 6.18 Å². The first-order chi connectivity index (χ1) is 17.6. The molecule has 2 atom stereocenters. The van der Waals surface area contributed by atoms with Crippen molar-refractivity contribution in [1.29, 1.82) is 0 Å².